The standard InChI is InChI=1S/C25H24N2O5/c1-30-19-9-7-15(8-10-19)21-22-24(31-20-12-17(28)11-18(29)13-20)26-14-27-25(22)32-23(21)16-5-3-2-4-6-16/h2-10,14,17-18,20,28-29H,11-13H2,1H3/t17-,18+,20-. The first-order valence-corrected chi connectivity index (χ1v) is 10.6. The van der Waals surface area contributed by atoms with E-state index in [-0.39, 0.29) is 6.10 Å². The van der Waals surface area contributed by atoms with Crippen LogP contribution in [0.5, 0.6) is 11.6 Å². The van der Waals surface area contributed by atoms with Crippen LogP contribution in [0.2, 0.25) is 0 Å². The SMILES string of the molecule is COc1ccc(-c2c(-c3ccccc3)oc3ncnc(O[C@@H]4C[C@H](O)C[C@H](O)C4)c23)cc1. The third-order valence-corrected chi connectivity index (χ3v) is 5.76. The Balaban J connectivity index is 1.66. The van der Waals surface area contributed by atoms with E-state index in [1.54, 1.807) is 7.11 Å². The van der Waals surface area contributed by atoms with Crippen LogP contribution in [-0.2, 0) is 0 Å². The van der Waals surface area contributed by atoms with Crippen LogP contribution in [0.1, 0.15) is 19.3 Å². The zero-order valence-corrected chi connectivity index (χ0v) is 17.6. The Morgan fingerprint density at radius 1 is 0.875 bits per heavy atom. The number of aliphatic hydroxyl groups is 2. The lowest BCUT2D eigenvalue weighted by atomic mass is 9.92. The molecule has 1 saturated carbocycles. The van der Waals surface area contributed by atoms with E-state index in [9.17, 15) is 10.2 Å². The number of fused-ring (bicyclic) bond motifs is 1. The van der Waals surface area contributed by atoms with Gasteiger partial charge in [0.15, 0.2) is 0 Å². The van der Waals surface area contributed by atoms with Crippen molar-refractivity contribution in [3.63, 3.8) is 0 Å². The van der Waals surface area contributed by atoms with Crippen LogP contribution in [0.4, 0.5) is 0 Å². The lowest BCUT2D eigenvalue weighted by molar-refractivity contribution is -0.0163. The third-order valence-electron chi connectivity index (χ3n) is 5.76. The lowest BCUT2D eigenvalue weighted by Crippen LogP contribution is -2.36. The molecule has 0 radical (unpaired) electrons. The maximum absolute atomic E-state index is 10.1. The summed E-state index contributed by atoms with van der Waals surface area (Å²) in [7, 11) is 1.63. The molecular weight excluding hydrogens is 408 g/mol. The summed E-state index contributed by atoms with van der Waals surface area (Å²) in [6.07, 6.45) is 1.07. The van der Waals surface area contributed by atoms with Gasteiger partial charge in [-0.2, -0.15) is 0 Å². The van der Waals surface area contributed by atoms with Gasteiger partial charge in [0.2, 0.25) is 11.6 Å². The Bertz CT molecular complexity index is 1200. The topological polar surface area (TPSA) is 97.8 Å². The van der Waals surface area contributed by atoms with Crippen LogP contribution in [0.15, 0.2) is 65.3 Å². The van der Waals surface area contributed by atoms with Crippen molar-refractivity contribution in [2.24, 2.45) is 0 Å². The molecule has 2 heterocycles. The van der Waals surface area contributed by atoms with Gasteiger partial charge in [-0.25, -0.2) is 9.97 Å². The van der Waals surface area contributed by atoms with Crippen molar-refractivity contribution in [3.8, 4) is 34.1 Å². The molecular formula is C25H24N2O5. The van der Waals surface area contributed by atoms with Gasteiger partial charge >= 0.3 is 0 Å². The molecule has 1 aliphatic carbocycles. The highest BCUT2D eigenvalue weighted by molar-refractivity contribution is 6.03. The molecule has 0 unspecified atom stereocenters. The van der Waals surface area contributed by atoms with Crippen molar-refractivity contribution in [2.45, 2.75) is 37.6 Å². The molecule has 164 valence electrons. The zero-order valence-electron chi connectivity index (χ0n) is 17.6. The molecule has 3 atom stereocenters. The fourth-order valence-electron chi connectivity index (χ4n) is 4.29. The number of aromatic nitrogens is 2. The number of rotatable bonds is 5. The molecule has 1 aliphatic rings. The second-order valence-corrected chi connectivity index (χ2v) is 8.01. The molecule has 2 aromatic heterocycles. The molecule has 0 bridgehead atoms. The second kappa shape index (κ2) is 8.61. The highest BCUT2D eigenvalue weighted by Crippen LogP contribution is 2.44. The predicted molar refractivity (Wildman–Crippen MR) is 120 cm³/mol. The molecule has 0 saturated heterocycles. The minimum Gasteiger partial charge on any atom is -0.497 e. The van der Waals surface area contributed by atoms with Gasteiger partial charge in [-0.15, -0.1) is 0 Å². The van der Waals surface area contributed by atoms with Crippen LogP contribution in [-0.4, -0.2) is 45.6 Å². The smallest absolute Gasteiger partial charge is 0.234 e. The summed E-state index contributed by atoms with van der Waals surface area (Å²) < 4.78 is 17.7. The lowest BCUT2D eigenvalue weighted by Gasteiger charge is -2.29. The van der Waals surface area contributed by atoms with E-state index >= 15 is 0 Å². The maximum atomic E-state index is 10.1. The van der Waals surface area contributed by atoms with Gasteiger partial charge in [-0.1, -0.05) is 42.5 Å². The van der Waals surface area contributed by atoms with Crippen molar-refractivity contribution >= 4 is 11.1 Å². The molecule has 1 fully saturated rings. The number of aliphatic hydroxyl groups excluding tert-OH is 2. The van der Waals surface area contributed by atoms with Gasteiger partial charge in [0.05, 0.1) is 19.3 Å². The van der Waals surface area contributed by atoms with Crippen LogP contribution in [0.3, 0.4) is 0 Å². The minimum atomic E-state index is -0.605. The van der Waals surface area contributed by atoms with Gasteiger partial charge in [0, 0.05) is 24.0 Å². The number of nitrogens with zero attached hydrogens (tertiary/aromatic N) is 2. The monoisotopic (exact) mass is 432 g/mol. The van der Waals surface area contributed by atoms with Gasteiger partial charge in [0.1, 0.15) is 29.3 Å². The average molecular weight is 432 g/mol. The first-order chi connectivity index (χ1) is 15.6. The largest absolute Gasteiger partial charge is 0.497 e. The number of furan rings is 1. The predicted octanol–water partition coefficient (Wildman–Crippen LogP) is 4.22. The van der Waals surface area contributed by atoms with E-state index in [0.717, 1.165) is 22.4 Å². The number of methoxy groups -OCH3 is 1. The highest BCUT2D eigenvalue weighted by atomic mass is 16.5. The normalized spacial score (nSPS) is 20.9. The van der Waals surface area contributed by atoms with Crippen LogP contribution >= 0.6 is 0 Å². The molecule has 0 aliphatic heterocycles. The molecule has 0 spiro atoms. The summed E-state index contributed by atoms with van der Waals surface area (Å²) in [6, 6.07) is 17.5. The second-order valence-electron chi connectivity index (χ2n) is 8.01. The van der Waals surface area contributed by atoms with Crippen LogP contribution < -0.4 is 9.47 Å². The van der Waals surface area contributed by atoms with Crippen LogP contribution in [0, 0.1) is 0 Å². The van der Waals surface area contributed by atoms with Crippen LogP contribution in [0.25, 0.3) is 33.6 Å². The van der Waals surface area contributed by atoms with Crippen molar-refractivity contribution in [3.05, 3.63) is 60.9 Å². The van der Waals surface area contributed by atoms with Gasteiger partial charge in [-0.3, -0.25) is 0 Å². The Kier molecular flexibility index (Phi) is 5.51. The summed E-state index contributed by atoms with van der Waals surface area (Å²) in [5.41, 5.74) is 3.05. The molecule has 7 heteroatoms. The van der Waals surface area contributed by atoms with Crippen molar-refractivity contribution in [1.82, 2.24) is 9.97 Å². The van der Waals surface area contributed by atoms with Crippen molar-refractivity contribution in [2.75, 3.05) is 7.11 Å². The van der Waals surface area contributed by atoms with E-state index in [4.69, 9.17) is 13.9 Å². The molecule has 7 nitrogen and oxygen atoms in total. The Labute approximate surface area is 185 Å². The maximum Gasteiger partial charge on any atom is 0.234 e. The quantitative estimate of drug-likeness (QED) is 0.487. The third kappa shape index (κ3) is 3.92. The van der Waals surface area contributed by atoms with E-state index in [2.05, 4.69) is 9.97 Å². The number of ether oxygens (including phenoxy) is 2. The summed E-state index contributed by atoms with van der Waals surface area (Å²) >= 11 is 0. The fraction of sp³-hybridized carbons (Fsp3) is 0.280. The summed E-state index contributed by atoms with van der Waals surface area (Å²) in [5, 5.41) is 20.8. The zero-order chi connectivity index (χ0) is 22.1. The number of hydrogen-bond donors (Lipinski definition) is 2. The first-order valence-electron chi connectivity index (χ1n) is 10.6. The van der Waals surface area contributed by atoms with E-state index in [0.29, 0.717) is 42.0 Å². The minimum absolute atomic E-state index is 0.356. The molecule has 4 aromatic rings. The molecule has 32 heavy (non-hydrogen) atoms. The van der Waals surface area contributed by atoms with Gasteiger partial charge < -0.3 is 24.1 Å². The molecule has 5 rings (SSSR count). The fourth-order valence-corrected chi connectivity index (χ4v) is 4.29. The highest BCUT2D eigenvalue weighted by Gasteiger charge is 2.30. The summed E-state index contributed by atoms with van der Waals surface area (Å²) in [4.78, 5) is 8.75. The van der Waals surface area contributed by atoms with Gasteiger partial charge in [-0.05, 0) is 24.1 Å². The molecule has 2 N–H and O–H groups in total. The first kappa shape index (κ1) is 20.5. The Hall–Kier alpha value is -3.42. The molecule has 2 aromatic carbocycles. The molecule has 0 amide bonds. The summed E-state index contributed by atoms with van der Waals surface area (Å²) in [6.45, 7) is 0. The van der Waals surface area contributed by atoms with E-state index in [1.807, 2.05) is 54.6 Å². The Morgan fingerprint density at radius 2 is 1.59 bits per heavy atom. The number of hydrogen-bond acceptors (Lipinski definition) is 7. The van der Waals surface area contributed by atoms with E-state index in [1.165, 1.54) is 6.33 Å². The average Bonchev–Trinajstić information content (AvgIpc) is 3.20. The van der Waals surface area contributed by atoms with Crippen molar-refractivity contribution < 1.29 is 24.1 Å². The number of benzene rings is 2. The van der Waals surface area contributed by atoms with E-state index < -0.39 is 12.2 Å². The Morgan fingerprint density at radius 3 is 2.28 bits per heavy atom. The summed E-state index contributed by atoms with van der Waals surface area (Å²) in [5.74, 6) is 1.79. The van der Waals surface area contributed by atoms with Crippen molar-refractivity contribution in [1.29, 1.82) is 0 Å². The van der Waals surface area contributed by atoms with Gasteiger partial charge in [0.25, 0.3) is 0 Å².